The summed E-state index contributed by atoms with van der Waals surface area (Å²) >= 11 is 0. The Morgan fingerprint density at radius 3 is 1.86 bits per heavy atom. The van der Waals surface area contributed by atoms with Crippen molar-refractivity contribution in [3.63, 3.8) is 0 Å². The van der Waals surface area contributed by atoms with Gasteiger partial charge < -0.3 is 0 Å². The van der Waals surface area contributed by atoms with Crippen LogP contribution in [-0.4, -0.2) is 90.5 Å². The van der Waals surface area contributed by atoms with Gasteiger partial charge in [-0.15, -0.1) is 0 Å². The van der Waals surface area contributed by atoms with Gasteiger partial charge in [-0.25, -0.2) is 0 Å². The molecule has 9 heteroatoms. The van der Waals surface area contributed by atoms with Crippen molar-refractivity contribution in [3.8, 4) is 0 Å². The molecule has 3 saturated heterocycles. The second kappa shape index (κ2) is 9.41. The van der Waals surface area contributed by atoms with Crippen LogP contribution in [-0.2, 0) is 19.8 Å². The maximum absolute atomic E-state index is 12.7. The molecule has 29 heavy (non-hydrogen) atoms. The molecule has 3 heterocycles. The summed E-state index contributed by atoms with van der Waals surface area (Å²) in [6.45, 7) is 9.98. The third-order valence-corrected chi connectivity index (χ3v) is 9.26. The summed E-state index contributed by atoms with van der Waals surface area (Å²) in [6.07, 6.45) is 4.19. The van der Waals surface area contributed by atoms with E-state index >= 15 is 0 Å². The number of carbonyl (C=O) groups excluding carboxylic acids is 2. The first-order valence-corrected chi connectivity index (χ1v) is 12.6. The molecule has 0 aromatic rings. The number of rotatable bonds is 7. The van der Waals surface area contributed by atoms with Gasteiger partial charge in [-0.05, 0) is 57.5 Å². The molecule has 3 fully saturated rings. The molecule has 0 radical (unpaired) electrons. The first-order chi connectivity index (χ1) is 13.8. The zero-order chi connectivity index (χ0) is 21.2. The van der Waals surface area contributed by atoms with Crippen molar-refractivity contribution in [2.24, 2.45) is 11.8 Å². The van der Waals surface area contributed by atoms with Crippen molar-refractivity contribution >= 4 is 22.0 Å². The van der Waals surface area contributed by atoms with Gasteiger partial charge >= 0.3 is 0 Å². The molecule has 3 rings (SSSR count). The summed E-state index contributed by atoms with van der Waals surface area (Å²) in [4.78, 5) is 28.0. The molecule has 0 N–H and O–H groups in total. The molecule has 0 aromatic carbocycles. The fourth-order valence-electron chi connectivity index (χ4n) is 5.28. The van der Waals surface area contributed by atoms with Crippen LogP contribution in [0, 0.1) is 11.8 Å². The van der Waals surface area contributed by atoms with Crippen LogP contribution in [0.25, 0.3) is 0 Å². The highest BCUT2D eigenvalue weighted by molar-refractivity contribution is 7.86. The predicted molar refractivity (Wildman–Crippen MR) is 111 cm³/mol. The van der Waals surface area contributed by atoms with Gasteiger partial charge in [0, 0.05) is 32.7 Å². The summed E-state index contributed by atoms with van der Waals surface area (Å²) in [5.74, 6) is 1.05. The largest absolute Gasteiger partial charge is 0.292 e. The maximum Gasteiger partial charge on any atom is 0.281 e. The molecular formula is C20H36N4O4S. The second-order valence-corrected chi connectivity index (χ2v) is 10.3. The molecule has 3 aliphatic rings. The molecule has 0 bridgehead atoms. The molecule has 1 atom stereocenters. The van der Waals surface area contributed by atoms with E-state index in [-0.39, 0.29) is 17.9 Å². The molecule has 0 saturated carbocycles. The van der Waals surface area contributed by atoms with Crippen molar-refractivity contribution in [3.05, 3.63) is 0 Å². The minimum Gasteiger partial charge on any atom is -0.292 e. The van der Waals surface area contributed by atoms with Crippen LogP contribution in [0.5, 0.6) is 0 Å². The lowest BCUT2D eigenvalue weighted by Crippen LogP contribution is -2.49. The van der Waals surface area contributed by atoms with E-state index in [9.17, 15) is 18.0 Å². The van der Waals surface area contributed by atoms with Crippen molar-refractivity contribution in [1.82, 2.24) is 18.4 Å². The number of likely N-dealkylation sites (tertiary alicyclic amines) is 2. The highest BCUT2D eigenvalue weighted by atomic mass is 32.2. The van der Waals surface area contributed by atoms with Crippen LogP contribution in [0.4, 0.5) is 0 Å². The maximum atomic E-state index is 12.7. The topological polar surface area (TPSA) is 81.2 Å². The number of imide groups is 1. The summed E-state index contributed by atoms with van der Waals surface area (Å²) < 4.78 is 28.6. The Balaban J connectivity index is 1.49. The Morgan fingerprint density at radius 2 is 1.41 bits per heavy atom. The molecule has 1 unspecified atom stereocenters. The van der Waals surface area contributed by atoms with Crippen molar-refractivity contribution in [2.75, 3.05) is 45.8 Å². The van der Waals surface area contributed by atoms with Crippen LogP contribution in [0.3, 0.4) is 0 Å². The van der Waals surface area contributed by atoms with Crippen molar-refractivity contribution < 1.29 is 18.0 Å². The molecule has 2 amide bonds. The monoisotopic (exact) mass is 428 g/mol. The van der Waals surface area contributed by atoms with Crippen molar-refractivity contribution in [2.45, 2.75) is 58.9 Å². The van der Waals surface area contributed by atoms with Gasteiger partial charge in [-0.2, -0.15) is 17.0 Å². The fourth-order valence-corrected chi connectivity index (χ4v) is 6.93. The quantitative estimate of drug-likeness (QED) is 0.568. The Kier molecular flexibility index (Phi) is 7.35. The lowest BCUT2D eigenvalue weighted by Gasteiger charge is -2.41. The Hall–Kier alpha value is -1.03. The van der Waals surface area contributed by atoms with Crippen LogP contribution in [0.2, 0.25) is 0 Å². The number of amides is 2. The van der Waals surface area contributed by atoms with Gasteiger partial charge in [0.25, 0.3) is 10.2 Å². The number of nitrogens with zero attached hydrogens (tertiary/aromatic N) is 4. The summed E-state index contributed by atoms with van der Waals surface area (Å²) in [7, 11) is -3.33. The van der Waals surface area contributed by atoms with Gasteiger partial charge in [0.1, 0.15) is 0 Å². The minimum atomic E-state index is -3.33. The molecule has 0 aliphatic carbocycles. The summed E-state index contributed by atoms with van der Waals surface area (Å²) in [5.41, 5.74) is 0. The molecule has 8 nitrogen and oxygen atoms in total. The minimum absolute atomic E-state index is 0.0362. The van der Waals surface area contributed by atoms with E-state index < -0.39 is 10.2 Å². The number of hydrogen-bond acceptors (Lipinski definition) is 5. The first kappa shape index (κ1) is 22.7. The van der Waals surface area contributed by atoms with Crippen molar-refractivity contribution in [1.29, 1.82) is 0 Å². The molecule has 166 valence electrons. The summed E-state index contributed by atoms with van der Waals surface area (Å²) in [5, 5.41) is 0. The number of carbonyl (C=O) groups is 2. The standard InChI is InChI=1S/C20H36N4O4S/c1-4-22(5-2)29(27,28)23-13-9-17(10-14-23)16-7-11-21(12-8-16)18-15-19(25)24(6-3)20(18)26/h16-18H,4-15H2,1-3H3. The zero-order valence-electron chi connectivity index (χ0n) is 18.0. The Morgan fingerprint density at radius 1 is 0.897 bits per heavy atom. The molecular weight excluding hydrogens is 392 g/mol. The highest BCUT2D eigenvalue weighted by Gasteiger charge is 2.43. The van der Waals surface area contributed by atoms with Gasteiger partial charge in [-0.3, -0.25) is 19.4 Å². The molecule has 0 aromatic heterocycles. The van der Waals surface area contributed by atoms with E-state index in [1.807, 2.05) is 20.8 Å². The van der Waals surface area contributed by atoms with Gasteiger partial charge in [0.2, 0.25) is 11.8 Å². The number of likely N-dealkylation sites (N-methyl/N-ethyl adjacent to an activating group) is 1. The number of piperidine rings is 2. The van der Waals surface area contributed by atoms with Gasteiger partial charge in [-0.1, -0.05) is 13.8 Å². The SMILES string of the molecule is CCN1C(=O)CC(N2CCC(C3CCN(S(=O)(=O)N(CC)CC)CC3)CC2)C1=O. The Labute approximate surface area is 175 Å². The number of hydrogen-bond donors (Lipinski definition) is 0. The molecule has 0 spiro atoms. The Bertz CT molecular complexity index is 693. The van der Waals surface area contributed by atoms with E-state index in [2.05, 4.69) is 4.90 Å². The van der Waals surface area contributed by atoms with E-state index in [0.717, 1.165) is 38.8 Å². The average Bonchev–Trinajstić information content (AvgIpc) is 3.02. The second-order valence-electron chi connectivity index (χ2n) is 8.40. The predicted octanol–water partition coefficient (Wildman–Crippen LogP) is 1.14. The average molecular weight is 429 g/mol. The van der Waals surface area contributed by atoms with Crippen LogP contribution in [0.1, 0.15) is 52.9 Å². The van der Waals surface area contributed by atoms with Gasteiger partial charge in [0.05, 0.1) is 12.5 Å². The highest BCUT2D eigenvalue weighted by Crippen LogP contribution is 2.35. The fraction of sp³-hybridized carbons (Fsp3) is 0.900. The van der Waals surface area contributed by atoms with Crippen LogP contribution < -0.4 is 0 Å². The van der Waals surface area contributed by atoms with Crippen LogP contribution in [0.15, 0.2) is 0 Å². The van der Waals surface area contributed by atoms with E-state index in [1.54, 1.807) is 4.31 Å². The van der Waals surface area contributed by atoms with E-state index in [4.69, 9.17) is 0 Å². The van der Waals surface area contributed by atoms with E-state index in [0.29, 0.717) is 51.0 Å². The smallest absolute Gasteiger partial charge is 0.281 e. The third-order valence-electron chi connectivity index (χ3n) is 7.07. The zero-order valence-corrected chi connectivity index (χ0v) is 18.9. The summed E-state index contributed by atoms with van der Waals surface area (Å²) in [6, 6.07) is -0.274. The first-order valence-electron chi connectivity index (χ1n) is 11.2. The lowest BCUT2D eigenvalue weighted by atomic mass is 9.79. The van der Waals surface area contributed by atoms with Crippen LogP contribution >= 0.6 is 0 Å². The third kappa shape index (κ3) is 4.52. The van der Waals surface area contributed by atoms with E-state index in [1.165, 1.54) is 9.21 Å². The normalized spacial score (nSPS) is 26.8. The lowest BCUT2D eigenvalue weighted by molar-refractivity contribution is -0.139. The molecule has 3 aliphatic heterocycles. The van der Waals surface area contributed by atoms with Gasteiger partial charge in [0.15, 0.2) is 0 Å².